The summed E-state index contributed by atoms with van der Waals surface area (Å²) in [5, 5.41) is 0. The molecule has 2 unspecified atom stereocenters. The zero-order chi connectivity index (χ0) is 64.1. The van der Waals surface area contributed by atoms with Crippen LogP contribution in [0.4, 0.5) is 0 Å². The van der Waals surface area contributed by atoms with Crippen molar-refractivity contribution in [1.82, 2.24) is 0 Å². The van der Waals surface area contributed by atoms with Gasteiger partial charge in [-0.2, -0.15) is 0 Å². The number of rotatable bonds is 71. The molecule has 9 nitrogen and oxygen atoms in total. The highest BCUT2D eigenvalue weighted by molar-refractivity contribution is 7.45. The SMILES string of the molecule is CC/C=C\C/C=C\C/C=C\C/C=C\CCCCCCCCCCCCCCCCCCCCCCCCCCC(=O)OC(COC(=O)CCCCCCCCCCCCCCCCC/C=C\CCCCCCCCCC)COP(=O)([O-])OCC[N+](C)(C)C. The highest BCUT2D eigenvalue weighted by Crippen LogP contribution is 2.38. The average Bonchev–Trinajstić information content (AvgIpc) is 3.68. The number of ether oxygens (including phenoxy) is 2. The van der Waals surface area contributed by atoms with E-state index in [1.54, 1.807) is 0 Å². The first-order chi connectivity index (χ1) is 43.0. The van der Waals surface area contributed by atoms with Gasteiger partial charge in [-0.15, -0.1) is 0 Å². The summed E-state index contributed by atoms with van der Waals surface area (Å²) in [5.41, 5.74) is 0. The van der Waals surface area contributed by atoms with E-state index in [-0.39, 0.29) is 32.0 Å². The summed E-state index contributed by atoms with van der Waals surface area (Å²) < 4.78 is 34.4. The predicted molar refractivity (Wildman–Crippen MR) is 379 cm³/mol. The molecule has 0 aliphatic heterocycles. The van der Waals surface area contributed by atoms with Crippen LogP contribution in [0.2, 0.25) is 0 Å². The lowest BCUT2D eigenvalue weighted by molar-refractivity contribution is -0.870. The van der Waals surface area contributed by atoms with Crippen LogP contribution in [-0.2, 0) is 32.7 Å². The fourth-order valence-electron chi connectivity index (χ4n) is 11.2. The minimum Gasteiger partial charge on any atom is -0.756 e. The van der Waals surface area contributed by atoms with Crippen molar-refractivity contribution in [3.05, 3.63) is 60.8 Å². The number of hydrogen-bond acceptors (Lipinski definition) is 8. The van der Waals surface area contributed by atoms with Crippen molar-refractivity contribution in [2.45, 2.75) is 380 Å². The van der Waals surface area contributed by atoms with E-state index in [1.165, 1.54) is 283 Å². The Kier molecular flexibility index (Phi) is 67.3. The van der Waals surface area contributed by atoms with E-state index < -0.39 is 26.5 Å². The van der Waals surface area contributed by atoms with E-state index in [1.807, 2.05) is 21.1 Å². The predicted octanol–water partition coefficient (Wildman–Crippen LogP) is 24.3. The normalized spacial score (nSPS) is 13.4. The minimum atomic E-state index is -4.64. The second-order valence-electron chi connectivity index (χ2n) is 27.0. The largest absolute Gasteiger partial charge is 0.756 e. The molecule has 10 heteroatoms. The first kappa shape index (κ1) is 85.7. The molecule has 0 aromatic carbocycles. The zero-order valence-electron chi connectivity index (χ0n) is 58.9. The Bertz CT molecular complexity index is 1670. The average molecular weight is 1260 g/mol. The Morgan fingerprint density at radius 3 is 0.977 bits per heavy atom. The number of nitrogens with zero attached hydrogens (tertiary/aromatic N) is 1. The lowest BCUT2D eigenvalue weighted by Crippen LogP contribution is -2.37. The zero-order valence-corrected chi connectivity index (χ0v) is 59.8. The molecule has 0 aliphatic carbocycles. The molecule has 0 bridgehead atoms. The quantitative estimate of drug-likeness (QED) is 0.0195. The summed E-state index contributed by atoms with van der Waals surface area (Å²) in [6.07, 6.45) is 91.9. The highest BCUT2D eigenvalue weighted by atomic mass is 31.2. The number of quaternary nitrogens is 1. The molecule has 0 rings (SSSR count). The molecule has 0 amide bonds. The fraction of sp³-hybridized carbons (Fsp3) is 0.846. The van der Waals surface area contributed by atoms with Gasteiger partial charge in [0.05, 0.1) is 27.7 Å². The van der Waals surface area contributed by atoms with Crippen molar-refractivity contribution in [3.8, 4) is 0 Å². The Morgan fingerprint density at radius 1 is 0.364 bits per heavy atom. The van der Waals surface area contributed by atoms with Crippen molar-refractivity contribution in [2.24, 2.45) is 0 Å². The second-order valence-corrected chi connectivity index (χ2v) is 28.4. The van der Waals surface area contributed by atoms with Gasteiger partial charge in [0.2, 0.25) is 0 Å². The standard InChI is InChI=1S/C78H146NO8P/c1-6-8-10-12-14-16-18-20-22-24-26-28-30-32-34-35-36-37-38-39-40-41-42-43-45-47-49-51-53-55-57-59-61-63-65-67-69-71-78(81)87-76(75-86-88(82,83)85-73-72-79(3,4)5)74-84-77(80)70-68-66-64-62-60-58-56-54-52-50-48-46-44-33-31-29-27-25-23-21-19-17-15-13-11-9-7-2/h8,10,14,16,20,22,25-28,76H,6-7,9,11-13,15,17-19,21,23-24,29-75H2,1-5H3/b10-8-,16-14-,22-20-,27-25-,28-26-. The Labute approximate surface area is 546 Å². The van der Waals surface area contributed by atoms with Crippen molar-refractivity contribution < 1.29 is 42.1 Å². The van der Waals surface area contributed by atoms with Gasteiger partial charge in [-0.05, 0) is 77.0 Å². The first-order valence-corrected chi connectivity index (χ1v) is 39.5. The van der Waals surface area contributed by atoms with Crippen LogP contribution in [0, 0.1) is 0 Å². The van der Waals surface area contributed by atoms with Crippen molar-refractivity contribution in [2.75, 3.05) is 47.5 Å². The third-order valence-corrected chi connectivity index (χ3v) is 18.0. The number of hydrogen-bond donors (Lipinski definition) is 0. The number of carbonyl (C=O) groups is 2. The van der Waals surface area contributed by atoms with Gasteiger partial charge in [0.15, 0.2) is 6.10 Å². The summed E-state index contributed by atoms with van der Waals surface area (Å²) in [7, 11) is 1.19. The number of esters is 2. The van der Waals surface area contributed by atoms with Crippen LogP contribution in [0.1, 0.15) is 373 Å². The van der Waals surface area contributed by atoms with Gasteiger partial charge in [-0.1, -0.05) is 344 Å². The third kappa shape index (κ3) is 72.8. The van der Waals surface area contributed by atoms with Crippen molar-refractivity contribution in [3.63, 3.8) is 0 Å². The van der Waals surface area contributed by atoms with E-state index in [0.29, 0.717) is 17.4 Å². The van der Waals surface area contributed by atoms with Crippen LogP contribution in [0.3, 0.4) is 0 Å². The summed E-state index contributed by atoms with van der Waals surface area (Å²) in [5.74, 6) is -0.812. The molecular formula is C78H146NO8P. The molecule has 88 heavy (non-hydrogen) atoms. The number of allylic oxidation sites excluding steroid dienone is 10. The van der Waals surface area contributed by atoms with Gasteiger partial charge in [-0.3, -0.25) is 14.2 Å². The summed E-state index contributed by atoms with van der Waals surface area (Å²) in [6.45, 7) is 4.19. The van der Waals surface area contributed by atoms with Crippen LogP contribution in [0.25, 0.3) is 0 Å². The van der Waals surface area contributed by atoms with Crippen LogP contribution in [0.5, 0.6) is 0 Å². The molecule has 0 aliphatic rings. The summed E-state index contributed by atoms with van der Waals surface area (Å²) >= 11 is 0. The highest BCUT2D eigenvalue weighted by Gasteiger charge is 2.22. The van der Waals surface area contributed by atoms with Gasteiger partial charge >= 0.3 is 11.9 Å². The van der Waals surface area contributed by atoms with Crippen LogP contribution >= 0.6 is 7.82 Å². The number of phosphoric ester groups is 1. The van der Waals surface area contributed by atoms with E-state index in [2.05, 4.69) is 74.6 Å². The van der Waals surface area contributed by atoms with E-state index in [9.17, 15) is 19.0 Å². The van der Waals surface area contributed by atoms with Gasteiger partial charge in [0, 0.05) is 12.8 Å². The molecule has 0 N–H and O–H groups in total. The Morgan fingerprint density at radius 2 is 0.648 bits per heavy atom. The molecule has 0 aromatic rings. The van der Waals surface area contributed by atoms with Crippen LogP contribution < -0.4 is 4.89 Å². The van der Waals surface area contributed by atoms with Crippen molar-refractivity contribution in [1.29, 1.82) is 0 Å². The van der Waals surface area contributed by atoms with Crippen molar-refractivity contribution >= 4 is 19.8 Å². The van der Waals surface area contributed by atoms with E-state index >= 15 is 0 Å². The second kappa shape index (κ2) is 69.1. The first-order valence-electron chi connectivity index (χ1n) is 38.0. The molecule has 0 fully saturated rings. The molecule has 0 spiro atoms. The summed E-state index contributed by atoms with van der Waals surface area (Å²) in [6, 6.07) is 0. The lowest BCUT2D eigenvalue weighted by Gasteiger charge is -2.28. The maximum Gasteiger partial charge on any atom is 0.306 e. The molecule has 0 saturated heterocycles. The van der Waals surface area contributed by atoms with E-state index in [4.69, 9.17) is 18.5 Å². The molecule has 0 radical (unpaired) electrons. The molecule has 0 heterocycles. The summed E-state index contributed by atoms with van der Waals surface area (Å²) in [4.78, 5) is 38.1. The van der Waals surface area contributed by atoms with Crippen LogP contribution in [0.15, 0.2) is 60.8 Å². The molecule has 516 valence electrons. The molecule has 2 atom stereocenters. The topological polar surface area (TPSA) is 111 Å². The van der Waals surface area contributed by atoms with Gasteiger partial charge < -0.3 is 27.9 Å². The number of likely N-dealkylation sites (N-methyl/N-ethyl adjacent to an activating group) is 1. The fourth-order valence-corrected chi connectivity index (χ4v) is 12.0. The smallest absolute Gasteiger partial charge is 0.306 e. The maximum atomic E-state index is 12.9. The Hall–Kier alpha value is -2.29. The number of carbonyl (C=O) groups excluding carboxylic acids is 2. The number of unbranched alkanes of at least 4 members (excludes halogenated alkanes) is 47. The molecule has 0 aromatic heterocycles. The molecular weight excluding hydrogens is 1110 g/mol. The third-order valence-electron chi connectivity index (χ3n) is 17.0. The maximum absolute atomic E-state index is 12.9. The van der Waals surface area contributed by atoms with E-state index in [0.717, 1.165) is 57.8 Å². The Balaban J connectivity index is 3.93. The lowest BCUT2D eigenvalue weighted by atomic mass is 10.0. The monoisotopic (exact) mass is 1260 g/mol. The van der Waals surface area contributed by atoms with Gasteiger partial charge in [0.25, 0.3) is 7.82 Å². The molecule has 0 saturated carbocycles. The van der Waals surface area contributed by atoms with Crippen LogP contribution in [-0.4, -0.2) is 70.0 Å². The van der Waals surface area contributed by atoms with Gasteiger partial charge in [0.1, 0.15) is 19.8 Å². The van der Waals surface area contributed by atoms with Gasteiger partial charge in [-0.25, -0.2) is 0 Å². The number of phosphoric acid groups is 1. The minimum absolute atomic E-state index is 0.0285.